The minimum atomic E-state index is -3.69. The van der Waals surface area contributed by atoms with Crippen LogP contribution in [-0.2, 0) is 23.1 Å². The topological polar surface area (TPSA) is 81.8 Å². The van der Waals surface area contributed by atoms with Crippen LogP contribution in [0, 0.1) is 13.8 Å². The molecule has 0 bridgehead atoms. The van der Waals surface area contributed by atoms with Gasteiger partial charge in [0.05, 0.1) is 30.3 Å². The first-order chi connectivity index (χ1) is 11.9. The summed E-state index contributed by atoms with van der Waals surface area (Å²) in [5.74, 6) is 0. The normalized spacial score (nSPS) is 11.6. The molecule has 1 N–H and O–H groups in total. The second-order valence-corrected chi connectivity index (χ2v) is 7.58. The van der Waals surface area contributed by atoms with Crippen molar-refractivity contribution in [3.63, 3.8) is 0 Å². The Kier molecular flexibility index (Phi) is 4.63. The number of sulfonamides is 1. The first kappa shape index (κ1) is 17.2. The Labute approximate surface area is 147 Å². The zero-order chi connectivity index (χ0) is 18.0. The Morgan fingerprint density at radius 2 is 1.96 bits per heavy atom. The van der Waals surface area contributed by atoms with E-state index >= 15 is 0 Å². The van der Waals surface area contributed by atoms with Gasteiger partial charge in [-0.1, -0.05) is 29.8 Å². The first-order valence-corrected chi connectivity index (χ1v) is 9.50. The van der Waals surface area contributed by atoms with Crippen LogP contribution < -0.4 is 4.72 Å². The predicted octanol–water partition coefficient (Wildman–Crippen LogP) is 2.57. The second kappa shape index (κ2) is 6.72. The van der Waals surface area contributed by atoms with Crippen molar-refractivity contribution >= 4 is 15.7 Å². The molecule has 2 aromatic heterocycles. The fraction of sp³-hybridized carbons (Fsp3) is 0.294. The van der Waals surface area contributed by atoms with Gasteiger partial charge in [0.2, 0.25) is 0 Å². The number of nitrogens with one attached hydrogen (secondary N) is 1. The van der Waals surface area contributed by atoms with Crippen LogP contribution in [0.1, 0.15) is 23.7 Å². The number of hydrogen-bond acceptors (Lipinski definition) is 4. The average molecular weight is 359 g/mol. The van der Waals surface area contributed by atoms with E-state index in [1.54, 1.807) is 22.5 Å². The molecule has 3 rings (SSSR count). The van der Waals surface area contributed by atoms with Gasteiger partial charge in [-0.2, -0.15) is 10.2 Å². The molecule has 0 aliphatic carbocycles. The minimum absolute atomic E-state index is 0.181. The highest BCUT2D eigenvalue weighted by atomic mass is 32.2. The number of aromatic nitrogens is 4. The van der Waals surface area contributed by atoms with Gasteiger partial charge in [0, 0.05) is 12.7 Å². The first-order valence-electron chi connectivity index (χ1n) is 8.02. The molecule has 0 saturated heterocycles. The van der Waals surface area contributed by atoms with E-state index in [0.717, 1.165) is 5.56 Å². The third kappa shape index (κ3) is 3.74. The summed E-state index contributed by atoms with van der Waals surface area (Å²) in [6.07, 6.45) is 4.56. The lowest BCUT2D eigenvalue weighted by molar-refractivity contribution is 0.598. The smallest absolute Gasteiger partial charge is 0.265 e. The summed E-state index contributed by atoms with van der Waals surface area (Å²) >= 11 is 0. The molecule has 0 amide bonds. The van der Waals surface area contributed by atoms with E-state index < -0.39 is 10.0 Å². The fourth-order valence-corrected chi connectivity index (χ4v) is 3.93. The SMILES string of the molecule is CCn1ncc(S(=O)(=O)Nc2cnn(Cc3cccc(C)c3)c2)c1C. The number of nitrogens with zero attached hydrogens (tertiary/aromatic N) is 4. The van der Waals surface area contributed by atoms with Gasteiger partial charge in [0.15, 0.2) is 0 Å². The standard InChI is InChI=1S/C17H21N5O2S/c1-4-22-14(3)17(10-19-22)25(23,24)20-16-9-18-21(12-16)11-15-7-5-6-13(2)8-15/h5-10,12,20H,4,11H2,1-3H3. The molecule has 0 unspecified atom stereocenters. The van der Waals surface area contributed by atoms with Crippen LogP contribution in [0.4, 0.5) is 5.69 Å². The molecule has 0 spiro atoms. The van der Waals surface area contributed by atoms with E-state index in [9.17, 15) is 8.42 Å². The molecule has 25 heavy (non-hydrogen) atoms. The van der Waals surface area contributed by atoms with Crippen LogP contribution in [0.15, 0.2) is 47.8 Å². The molecule has 3 aromatic rings. The van der Waals surface area contributed by atoms with Crippen molar-refractivity contribution in [2.75, 3.05) is 4.72 Å². The summed E-state index contributed by atoms with van der Waals surface area (Å²) < 4.78 is 31.0. The maximum absolute atomic E-state index is 12.6. The van der Waals surface area contributed by atoms with Gasteiger partial charge in [-0.3, -0.25) is 14.1 Å². The summed E-state index contributed by atoms with van der Waals surface area (Å²) in [5, 5.41) is 8.32. The Balaban J connectivity index is 1.77. The number of hydrogen-bond donors (Lipinski definition) is 1. The molecule has 1 aromatic carbocycles. The van der Waals surface area contributed by atoms with E-state index in [-0.39, 0.29) is 4.90 Å². The van der Waals surface area contributed by atoms with Gasteiger partial charge < -0.3 is 0 Å². The van der Waals surface area contributed by atoms with Crippen LogP contribution in [0.3, 0.4) is 0 Å². The molecule has 0 aliphatic heterocycles. The maximum Gasteiger partial charge on any atom is 0.265 e. The van der Waals surface area contributed by atoms with Crippen molar-refractivity contribution in [3.8, 4) is 0 Å². The lowest BCUT2D eigenvalue weighted by Crippen LogP contribution is -2.13. The van der Waals surface area contributed by atoms with Crippen molar-refractivity contribution in [1.29, 1.82) is 0 Å². The largest absolute Gasteiger partial charge is 0.276 e. The van der Waals surface area contributed by atoms with Crippen LogP contribution >= 0.6 is 0 Å². The number of anilines is 1. The van der Waals surface area contributed by atoms with Crippen molar-refractivity contribution < 1.29 is 8.42 Å². The fourth-order valence-electron chi connectivity index (χ4n) is 2.72. The van der Waals surface area contributed by atoms with Crippen molar-refractivity contribution in [2.24, 2.45) is 0 Å². The summed E-state index contributed by atoms with van der Waals surface area (Å²) in [4.78, 5) is 0.181. The average Bonchev–Trinajstić information content (AvgIpc) is 3.13. The van der Waals surface area contributed by atoms with Gasteiger partial charge in [-0.05, 0) is 26.3 Å². The number of rotatable bonds is 6. The molecule has 0 atom stereocenters. The molecule has 8 heteroatoms. The number of benzene rings is 1. The lowest BCUT2D eigenvalue weighted by Gasteiger charge is -2.06. The van der Waals surface area contributed by atoms with E-state index in [1.807, 2.05) is 32.0 Å². The molecule has 132 valence electrons. The highest BCUT2D eigenvalue weighted by molar-refractivity contribution is 7.92. The van der Waals surface area contributed by atoms with Crippen molar-refractivity contribution in [1.82, 2.24) is 19.6 Å². The minimum Gasteiger partial charge on any atom is -0.276 e. The van der Waals surface area contributed by atoms with Gasteiger partial charge in [-0.25, -0.2) is 8.42 Å². The van der Waals surface area contributed by atoms with E-state index in [0.29, 0.717) is 24.5 Å². The van der Waals surface area contributed by atoms with Crippen LogP contribution in [0.5, 0.6) is 0 Å². The monoisotopic (exact) mass is 359 g/mol. The third-order valence-electron chi connectivity index (χ3n) is 3.96. The molecule has 0 saturated carbocycles. The molecule has 0 radical (unpaired) electrons. The van der Waals surface area contributed by atoms with Crippen LogP contribution in [-0.4, -0.2) is 28.0 Å². The highest BCUT2D eigenvalue weighted by Gasteiger charge is 2.21. The Morgan fingerprint density at radius 1 is 1.16 bits per heavy atom. The van der Waals surface area contributed by atoms with Gasteiger partial charge in [0.1, 0.15) is 4.90 Å². The summed E-state index contributed by atoms with van der Waals surface area (Å²) in [7, 11) is -3.69. The van der Waals surface area contributed by atoms with E-state index in [1.165, 1.54) is 18.0 Å². The Hall–Kier alpha value is -2.61. The maximum atomic E-state index is 12.6. The summed E-state index contributed by atoms with van der Waals surface area (Å²) in [6.45, 7) is 6.89. The van der Waals surface area contributed by atoms with E-state index in [4.69, 9.17) is 0 Å². The van der Waals surface area contributed by atoms with Crippen LogP contribution in [0.25, 0.3) is 0 Å². The molecule has 0 aliphatic rings. The zero-order valence-corrected chi connectivity index (χ0v) is 15.3. The lowest BCUT2D eigenvalue weighted by atomic mass is 10.1. The summed E-state index contributed by atoms with van der Waals surface area (Å²) in [5.41, 5.74) is 3.32. The van der Waals surface area contributed by atoms with Gasteiger partial charge in [0.25, 0.3) is 10.0 Å². The predicted molar refractivity (Wildman–Crippen MR) is 96.0 cm³/mol. The van der Waals surface area contributed by atoms with Crippen LogP contribution in [0.2, 0.25) is 0 Å². The van der Waals surface area contributed by atoms with Crippen molar-refractivity contribution in [2.45, 2.75) is 38.8 Å². The third-order valence-corrected chi connectivity index (χ3v) is 5.44. The second-order valence-electron chi connectivity index (χ2n) is 5.93. The van der Waals surface area contributed by atoms with E-state index in [2.05, 4.69) is 21.0 Å². The molecule has 7 nitrogen and oxygen atoms in total. The van der Waals surface area contributed by atoms with Gasteiger partial charge >= 0.3 is 0 Å². The molecule has 0 fully saturated rings. The molecule has 2 heterocycles. The summed E-state index contributed by atoms with van der Waals surface area (Å²) in [6, 6.07) is 8.12. The molecular weight excluding hydrogens is 338 g/mol. The van der Waals surface area contributed by atoms with Gasteiger partial charge in [-0.15, -0.1) is 0 Å². The quantitative estimate of drug-likeness (QED) is 0.733. The van der Waals surface area contributed by atoms with Crippen molar-refractivity contribution in [3.05, 3.63) is 59.7 Å². The Bertz CT molecular complexity index is 988. The Morgan fingerprint density at radius 3 is 2.64 bits per heavy atom. The molecular formula is C17H21N5O2S. The number of aryl methyl sites for hydroxylation is 2. The zero-order valence-electron chi connectivity index (χ0n) is 14.5. The highest BCUT2D eigenvalue weighted by Crippen LogP contribution is 2.19.